The van der Waals surface area contributed by atoms with Crippen LogP contribution in [0.25, 0.3) is 0 Å². The van der Waals surface area contributed by atoms with Crippen LogP contribution in [-0.4, -0.2) is 14.8 Å². The molecule has 0 radical (unpaired) electrons. The van der Waals surface area contributed by atoms with Crippen LogP contribution in [0.5, 0.6) is 0 Å². The molecule has 1 saturated carbocycles. The smallest absolute Gasteiger partial charge is 0.195 e. The van der Waals surface area contributed by atoms with Crippen molar-refractivity contribution in [2.45, 2.75) is 58.9 Å². The Morgan fingerprint density at radius 3 is 2.62 bits per heavy atom. The van der Waals surface area contributed by atoms with Gasteiger partial charge in [0.25, 0.3) is 0 Å². The highest BCUT2D eigenvalue weighted by molar-refractivity contribution is 7.71. The maximum absolute atomic E-state index is 5.32. The zero-order valence-electron chi connectivity index (χ0n) is 10.4. The Bertz CT molecular complexity index is 410. The maximum Gasteiger partial charge on any atom is 0.195 e. The van der Waals surface area contributed by atoms with Crippen molar-refractivity contribution in [2.75, 3.05) is 0 Å². The molecule has 1 N–H and O–H groups in total. The van der Waals surface area contributed by atoms with Gasteiger partial charge in [-0.3, -0.25) is 5.10 Å². The third-order valence-electron chi connectivity index (χ3n) is 3.65. The zero-order valence-corrected chi connectivity index (χ0v) is 11.2. The van der Waals surface area contributed by atoms with E-state index in [1.807, 2.05) is 0 Å². The van der Waals surface area contributed by atoms with Crippen molar-refractivity contribution in [1.82, 2.24) is 14.8 Å². The minimum Gasteiger partial charge on any atom is -0.303 e. The van der Waals surface area contributed by atoms with E-state index in [4.69, 9.17) is 12.2 Å². The molecule has 16 heavy (non-hydrogen) atoms. The van der Waals surface area contributed by atoms with Crippen molar-refractivity contribution in [1.29, 1.82) is 0 Å². The van der Waals surface area contributed by atoms with E-state index in [1.165, 1.54) is 25.7 Å². The molecular formula is C12H21N3S. The van der Waals surface area contributed by atoms with Crippen LogP contribution in [0.3, 0.4) is 0 Å². The minimum absolute atomic E-state index is 0.422. The van der Waals surface area contributed by atoms with Crippen molar-refractivity contribution >= 4 is 12.2 Å². The molecule has 0 unspecified atom stereocenters. The van der Waals surface area contributed by atoms with E-state index in [2.05, 4.69) is 35.5 Å². The lowest BCUT2D eigenvalue weighted by molar-refractivity contribution is 0.275. The van der Waals surface area contributed by atoms with Gasteiger partial charge in [-0.2, -0.15) is 5.10 Å². The van der Waals surface area contributed by atoms with Crippen LogP contribution >= 0.6 is 12.2 Å². The van der Waals surface area contributed by atoms with Gasteiger partial charge < -0.3 is 4.57 Å². The van der Waals surface area contributed by atoms with Crippen LogP contribution in [0.15, 0.2) is 0 Å². The summed E-state index contributed by atoms with van der Waals surface area (Å²) in [6, 6.07) is 0. The molecule has 0 amide bonds. The van der Waals surface area contributed by atoms with E-state index >= 15 is 0 Å². The SMILES string of the molecule is CC(C)c1n[nH]c(=S)n1CC1(C)CCCC1. The highest BCUT2D eigenvalue weighted by Gasteiger charge is 2.30. The summed E-state index contributed by atoms with van der Waals surface area (Å²) in [5.41, 5.74) is 0.422. The number of nitrogens with one attached hydrogen (secondary N) is 1. The van der Waals surface area contributed by atoms with E-state index in [9.17, 15) is 0 Å². The van der Waals surface area contributed by atoms with Crippen LogP contribution in [-0.2, 0) is 6.54 Å². The number of rotatable bonds is 3. The molecule has 0 spiro atoms. The second-order valence-electron chi connectivity index (χ2n) is 5.65. The van der Waals surface area contributed by atoms with Crippen LogP contribution in [0.2, 0.25) is 0 Å². The molecule has 3 nitrogen and oxygen atoms in total. The van der Waals surface area contributed by atoms with Gasteiger partial charge in [0.1, 0.15) is 5.82 Å². The van der Waals surface area contributed by atoms with Gasteiger partial charge in [-0.25, -0.2) is 0 Å². The van der Waals surface area contributed by atoms with Crippen LogP contribution in [0.4, 0.5) is 0 Å². The Labute approximate surface area is 102 Å². The van der Waals surface area contributed by atoms with Gasteiger partial charge in [-0.05, 0) is 30.5 Å². The Balaban J connectivity index is 2.26. The molecule has 1 aromatic heterocycles. The maximum atomic E-state index is 5.32. The molecule has 4 heteroatoms. The van der Waals surface area contributed by atoms with Crippen molar-refractivity contribution < 1.29 is 0 Å². The van der Waals surface area contributed by atoms with Gasteiger partial charge in [-0.1, -0.05) is 33.6 Å². The molecule has 0 bridgehead atoms. The van der Waals surface area contributed by atoms with E-state index in [-0.39, 0.29) is 0 Å². The summed E-state index contributed by atoms with van der Waals surface area (Å²) in [7, 11) is 0. The predicted octanol–water partition coefficient (Wildman–Crippen LogP) is 3.64. The average Bonchev–Trinajstić information content (AvgIpc) is 2.76. The van der Waals surface area contributed by atoms with Gasteiger partial charge in [0.05, 0.1) is 0 Å². The molecule has 0 aliphatic heterocycles. The standard InChI is InChI=1S/C12H21N3S/c1-9(2)10-13-14-11(16)15(10)8-12(3)6-4-5-7-12/h9H,4-8H2,1-3H3,(H,14,16). The number of nitrogens with zero attached hydrogens (tertiary/aromatic N) is 2. The number of hydrogen-bond acceptors (Lipinski definition) is 2. The van der Waals surface area contributed by atoms with E-state index < -0.39 is 0 Å². The van der Waals surface area contributed by atoms with Gasteiger partial charge >= 0.3 is 0 Å². The van der Waals surface area contributed by atoms with Gasteiger partial charge in [0, 0.05) is 12.5 Å². The fraction of sp³-hybridized carbons (Fsp3) is 0.833. The highest BCUT2D eigenvalue weighted by Crippen LogP contribution is 2.39. The quantitative estimate of drug-likeness (QED) is 0.817. The molecular weight excluding hydrogens is 218 g/mol. The summed E-state index contributed by atoms with van der Waals surface area (Å²) in [4.78, 5) is 0. The summed E-state index contributed by atoms with van der Waals surface area (Å²) in [5.74, 6) is 1.52. The fourth-order valence-electron chi connectivity index (χ4n) is 2.69. The Morgan fingerprint density at radius 1 is 1.44 bits per heavy atom. The van der Waals surface area contributed by atoms with Crippen LogP contribution in [0.1, 0.15) is 58.2 Å². The zero-order chi connectivity index (χ0) is 11.8. The number of H-pyrrole nitrogens is 1. The van der Waals surface area contributed by atoms with Crippen LogP contribution < -0.4 is 0 Å². The number of aromatic amines is 1. The van der Waals surface area contributed by atoms with E-state index in [0.717, 1.165) is 17.1 Å². The highest BCUT2D eigenvalue weighted by atomic mass is 32.1. The number of aromatic nitrogens is 3. The van der Waals surface area contributed by atoms with E-state index in [0.29, 0.717) is 11.3 Å². The second-order valence-corrected chi connectivity index (χ2v) is 6.03. The minimum atomic E-state index is 0.422. The summed E-state index contributed by atoms with van der Waals surface area (Å²) < 4.78 is 2.97. The molecule has 0 aromatic carbocycles. The second kappa shape index (κ2) is 4.32. The molecule has 1 aliphatic rings. The molecule has 1 heterocycles. The summed E-state index contributed by atoms with van der Waals surface area (Å²) in [6.45, 7) is 7.73. The summed E-state index contributed by atoms with van der Waals surface area (Å²) in [5, 5.41) is 7.26. The van der Waals surface area contributed by atoms with Crippen molar-refractivity contribution in [3.8, 4) is 0 Å². The largest absolute Gasteiger partial charge is 0.303 e. The Morgan fingerprint density at radius 2 is 2.06 bits per heavy atom. The van der Waals surface area contributed by atoms with Crippen molar-refractivity contribution in [2.24, 2.45) is 5.41 Å². The first kappa shape index (κ1) is 11.8. The Kier molecular flexibility index (Phi) is 3.19. The lowest BCUT2D eigenvalue weighted by Gasteiger charge is -2.25. The first-order valence-electron chi connectivity index (χ1n) is 6.17. The lowest BCUT2D eigenvalue weighted by atomic mass is 9.89. The number of hydrogen-bond donors (Lipinski definition) is 1. The molecule has 0 saturated heterocycles. The topological polar surface area (TPSA) is 33.6 Å². The summed E-state index contributed by atoms with van der Waals surface area (Å²) in [6.07, 6.45) is 5.35. The molecule has 1 aromatic rings. The Hall–Kier alpha value is -0.640. The fourth-order valence-corrected chi connectivity index (χ4v) is 2.90. The van der Waals surface area contributed by atoms with Crippen molar-refractivity contribution in [3.63, 3.8) is 0 Å². The van der Waals surface area contributed by atoms with Crippen LogP contribution in [0, 0.1) is 10.2 Å². The average molecular weight is 239 g/mol. The first-order chi connectivity index (χ1) is 7.52. The van der Waals surface area contributed by atoms with Gasteiger partial charge in [0.15, 0.2) is 4.77 Å². The molecule has 0 atom stereocenters. The predicted molar refractivity (Wildman–Crippen MR) is 68.1 cm³/mol. The van der Waals surface area contributed by atoms with Gasteiger partial charge in [-0.15, -0.1) is 0 Å². The normalized spacial score (nSPS) is 19.5. The summed E-state index contributed by atoms with van der Waals surface area (Å²) >= 11 is 5.32. The third-order valence-corrected chi connectivity index (χ3v) is 3.97. The molecule has 1 aliphatic carbocycles. The first-order valence-corrected chi connectivity index (χ1v) is 6.58. The monoisotopic (exact) mass is 239 g/mol. The van der Waals surface area contributed by atoms with E-state index in [1.54, 1.807) is 0 Å². The lowest BCUT2D eigenvalue weighted by Crippen LogP contribution is -2.21. The molecule has 1 fully saturated rings. The molecule has 2 rings (SSSR count). The van der Waals surface area contributed by atoms with Crippen molar-refractivity contribution in [3.05, 3.63) is 10.6 Å². The van der Waals surface area contributed by atoms with Gasteiger partial charge in [0.2, 0.25) is 0 Å². The molecule has 90 valence electrons. The third kappa shape index (κ3) is 2.21.